The Morgan fingerprint density at radius 1 is 1.00 bits per heavy atom. The largest absolute Gasteiger partial charge is 0.388 e. The molecule has 0 radical (unpaired) electrons. The van der Waals surface area contributed by atoms with Crippen molar-refractivity contribution in [3.8, 4) is 0 Å². The van der Waals surface area contributed by atoms with Gasteiger partial charge in [-0.1, -0.05) is 30.3 Å². The molecular formula is C19H30O7. The molecule has 0 aliphatic carbocycles. The summed E-state index contributed by atoms with van der Waals surface area (Å²) in [7, 11) is 0. The van der Waals surface area contributed by atoms with Crippen LogP contribution in [0.2, 0.25) is 0 Å². The standard InChI is InChI=1S/C19H30O7/c1-19(2)25-14-18(26-19)13-24-12-17(21)11-23-10-16(20)9-22-8-15-6-4-3-5-7-15/h3-7,16-18,20-21H,8-14H2,1-2H3. The number of aliphatic hydroxyl groups excluding tert-OH is 2. The maximum atomic E-state index is 9.83. The molecule has 3 atom stereocenters. The monoisotopic (exact) mass is 370 g/mol. The Kier molecular flexibility index (Phi) is 8.94. The Morgan fingerprint density at radius 2 is 1.62 bits per heavy atom. The van der Waals surface area contributed by atoms with Gasteiger partial charge < -0.3 is 33.9 Å². The van der Waals surface area contributed by atoms with Gasteiger partial charge in [-0.15, -0.1) is 0 Å². The third-order valence-corrected chi connectivity index (χ3v) is 3.72. The van der Waals surface area contributed by atoms with Crippen LogP contribution in [0.15, 0.2) is 30.3 Å². The molecule has 1 saturated heterocycles. The summed E-state index contributed by atoms with van der Waals surface area (Å²) in [6.45, 7) is 5.48. The van der Waals surface area contributed by atoms with E-state index in [1.54, 1.807) is 0 Å². The third kappa shape index (κ3) is 8.55. The number of hydrogen-bond acceptors (Lipinski definition) is 7. The van der Waals surface area contributed by atoms with E-state index in [9.17, 15) is 10.2 Å². The molecule has 2 N–H and O–H groups in total. The summed E-state index contributed by atoms with van der Waals surface area (Å²) in [5, 5.41) is 19.6. The zero-order valence-corrected chi connectivity index (χ0v) is 15.5. The van der Waals surface area contributed by atoms with Crippen molar-refractivity contribution in [2.45, 2.75) is 44.6 Å². The molecule has 0 bridgehead atoms. The lowest BCUT2D eigenvalue weighted by molar-refractivity contribution is -0.147. The van der Waals surface area contributed by atoms with Crippen molar-refractivity contribution in [1.29, 1.82) is 0 Å². The van der Waals surface area contributed by atoms with Crippen LogP contribution in [-0.4, -0.2) is 74.0 Å². The Morgan fingerprint density at radius 3 is 2.23 bits per heavy atom. The number of benzene rings is 1. The van der Waals surface area contributed by atoms with E-state index >= 15 is 0 Å². The van der Waals surface area contributed by atoms with Crippen molar-refractivity contribution < 1.29 is 33.9 Å². The molecule has 1 aliphatic heterocycles. The minimum absolute atomic E-state index is 0.0866. The van der Waals surface area contributed by atoms with Gasteiger partial charge in [0.1, 0.15) is 18.3 Å². The fourth-order valence-corrected chi connectivity index (χ4v) is 2.50. The average Bonchev–Trinajstić information content (AvgIpc) is 2.95. The molecule has 3 unspecified atom stereocenters. The molecule has 0 amide bonds. The fourth-order valence-electron chi connectivity index (χ4n) is 2.50. The quantitative estimate of drug-likeness (QED) is 0.570. The number of ether oxygens (including phenoxy) is 5. The first-order chi connectivity index (χ1) is 12.4. The molecular weight excluding hydrogens is 340 g/mol. The molecule has 1 aromatic carbocycles. The molecule has 2 rings (SSSR count). The minimum Gasteiger partial charge on any atom is -0.388 e. The lowest BCUT2D eigenvalue weighted by Crippen LogP contribution is -2.29. The molecule has 26 heavy (non-hydrogen) atoms. The van der Waals surface area contributed by atoms with Crippen LogP contribution in [-0.2, 0) is 30.3 Å². The Labute approximate surface area is 154 Å². The highest BCUT2D eigenvalue weighted by Gasteiger charge is 2.32. The molecule has 0 aromatic heterocycles. The number of aliphatic hydroxyl groups is 2. The average molecular weight is 370 g/mol. The zero-order chi connectivity index (χ0) is 18.8. The van der Waals surface area contributed by atoms with E-state index in [0.29, 0.717) is 19.8 Å². The molecule has 0 saturated carbocycles. The second-order valence-electron chi connectivity index (χ2n) is 6.83. The van der Waals surface area contributed by atoms with Gasteiger partial charge in [0.25, 0.3) is 0 Å². The SMILES string of the molecule is CC1(C)OCC(COCC(O)COCC(O)COCc2ccccc2)O1. The third-order valence-electron chi connectivity index (χ3n) is 3.72. The van der Waals surface area contributed by atoms with Gasteiger partial charge in [-0.3, -0.25) is 0 Å². The highest BCUT2D eigenvalue weighted by molar-refractivity contribution is 5.13. The van der Waals surface area contributed by atoms with E-state index in [4.69, 9.17) is 23.7 Å². The summed E-state index contributed by atoms with van der Waals surface area (Å²) in [5.74, 6) is -0.575. The van der Waals surface area contributed by atoms with Crippen molar-refractivity contribution in [2.24, 2.45) is 0 Å². The molecule has 0 spiro atoms. The lowest BCUT2D eigenvalue weighted by atomic mass is 10.2. The predicted molar refractivity (Wildman–Crippen MR) is 94.7 cm³/mol. The highest BCUT2D eigenvalue weighted by Crippen LogP contribution is 2.22. The summed E-state index contributed by atoms with van der Waals surface area (Å²) < 4.78 is 27.2. The van der Waals surface area contributed by atoms with Crippen LogP contribution in [0.1, 0.15) is 19.4 Å². The van der Waals surface area contributed by atoms with Crippen LogP contribution in [0, 0.1) is 0 Å². The van der Waals surface area contributed by atoms with Crippen LogP contribution in [0.3, 0.4) is 0 Å². The van der Waals surface area contributed by atoms with E-state index in [2.05, 4.69) is 0 Å². The first-order valence-corrected chi connectivity index (χ1v) is 8.89. The maximum Gasteiger partial charge on any atom is 0.163 e. The van der Waals surface area contributed by atoms with Crippen LogP contribution in [0.25, 0.3) is 0 Å². The van der Waals surface area contributed by atoms with Crippen molar-refractivity contribution in [2.75, 3.05) is 39.6 Å². The number of hydrogen-bond donors (Lipinski definition) is 2. The highest BCUT2D eigenvalue weighted by atomic mass is 16.7. The zero-order valence-electron chi connectivity index (χ0n) is 15.5. The van der Waals surface area contributed by atoms with Gasteiger partial charge in [-0.25, -0.2) is 0 Å². The van der Waals surface area contributed by atoms with Gasteiger partial charge in [0, 0.05) is 0 Å². The van der Waals surface area contributed by atoms with Crippen molar-refractivity contribution >= 4 is 0 Å². The molecule has 1 aromatic rings. The lowest BCUT2D eigenvalue weighted by Gasteiger charge is -2.18. The van der Waals surface area contributed by atoms with E-state index in [-0.39, 0.29) is 32.5 Å². The molecule has 148 valence electrons. The van der Waals surface area contributed by atoms with Crippen molar-refractivity contribution in [1.82, 2.24) is 0 Å². The summed E-state index contributed by atoms with van der Waals surface area (Å²) in [6.07, 6.45) is -1.62. The summed E-state index contributed by atoms with van der Waals surface area (Å²) >= 11 is 0. The van der Waals surface area contributed by atoms with Crippen LogP contribution in [0.4, 0.5) is 0 Å². The van der Waals surface area contributed by atoms with Crippen molar-refractivity contribution in [3.05, 3.63) is 35.9 Å². The molecule has 1 fully saturated rings. The first-order valence-electron chi connectivity index (χ1n) is 8.89. The summed E-state index contributed by atoms with van der Waals surface area (Å²) in [4.78, 5) is 0. The first kappa shape index (κ1) is 21.2. The Balaban J connectivity index is 1.45. The topological polar surface area (TPSA) is 86.6 Å². The van der Waals surface area contributed by atoms with Gasteiger partial charge in [0.2, 0.25) is 0 Å². The van der Waals surface area contributed by atoms with E-state index < -0.39 is 18.0 Å². The summed E-state index contributed by atoms with van der Waals surface area (Å²) in [6, 6.07) is 9.74. The second kappa shape index (κ2) is 10.9. The predicted octanol–water partition coefficient (Wildman–Crippen LogP) is 1.11. The fraction of sp³-hybridized carbons (Fsp3) is 0.684. The van der Waals surface area contributed by atoms with Gasteiger partial charge in [0.15, 0.2) is 5.79 Å². The van der Waals surface area contributed by atoms with E-state index in [1.165, 1.54) is 0 Å². The maximum absolute atomic E-state index is 9.83. The normalized spacial score (nSPS) is 21.6. The molecule has 7 heteroatoms. The molecule has 1 heterocycles. The smallest absolute Gasteiger partial charge is 0.163 e. The van der Waals surface area contributed by atoms with Gasteiger partial charge in [-0.2, -0.15) is 0 Å². The Bertz CT molecular complexity index is 494. The van der Waals surface area contributed by atoms with E-state index in [0.717, 1.165) is 5.56 Å². The van der Waals surface area contributed by atoms with Crippen LogP contribution >= 0.6 is 0 Å². The molecule has 7 nitrogen and oxygen atoms in total. The van der Waals surface area contributed by atoms with Crippen LogP contribution < -0.4 is 0 Å². The van der Waals surface area contributed by atoms with Gasteiger partial charge in [-0.05, 0) is 19.4 Å². The Hall–Kier alpha value is -1.06. The van der Waals surface area contributed by atoms with Crippen molar-refractivity contribution in [3.63, 3.8) is 0 Å². The number of rotatable bonds is 12. The summed E-state index contributed by atoms with van der Waals surface area (Å²) in [5.41, 5.74) is 1.05. The minimum atomic E-state index is -0.761. The second-order valence-corrected chi connectivity index (χ2v) is 6.83. The van der Waals surface area contributed by atoms with Crippen LogP contribution in [0.5, 0.6) is 0 Å². The molecule has 1 aliphatic rings. The van der Waals surface area contributed by atoms with E-state index in [1.807, 2.05) is 44.2 Å². The van der Waals surface area contributed by atoms with Gasteiger partial charge >= 0.3 is 0 Å². The van der Waals surface area contributed by atoms with Gasteiger partial charge in [0.05, 0.1) is 46.2 Å².